The molecule has 0 saturated carbocycles. The molecule has 23 heavy (non-hydrogen) atoms. The summed E-state index contributed by atoms with van der Waals surface area (Å²) in [4.78, 5) is 49.0. The van der Waals surface area contributed by atoms with Crippen molar-refractivity contribution in [3.63, 3.8) is 0 Å². The van der Waals surface area contributed by atoms with Crippen LogP contribution in [0.3, 0.4) is 0 Å². The highest BCUT2D eigenvalue weighted by atomic mass is 16.7. The molecule has 3 aliphatic rings. The smallest absolute Gasteiger partial charge is 0.336 e. The number of hydroxylamine groups is 3. The van der Waals surface area contributed by atoms with E-state index < -0.39 is 6.04 Å². The summed E-state index contributed by atoms with van der Waals surface area (Å²) in [5.41, 5.74) is 2.38. The second kappa shape index (κ2) is 6.59. The van der Waals surface area contributed by atoms with E-state index in [1.807, 2.05) is 0 Å². The minimum absolute atomic E-state index is 0.00569. The molecule has 3 rings (SSSR count). The summed E-state index contributed by atoms with van der Waals surface area (Å²) in [5.74, 6) is -0.347. The van der Waals surface area contributed by atoms with E-state index in [1.165, 1.54) is 17.1 Å². The minimum atomic E-state index is -0.547. The van der Waals surface area contributed by atoms with Crippen LogP contribution in [0.25, 0.3) is 0 Å². The van der Waals surface area contributed by atoms with Crippen molar-refractivity contribution in [1.82, 2.24) is 25.7 Å². The molecule has 5 amide bonds. The SMILES string of the molecule is CON1C(=O)N2C[C@H]1CC[C@H]2C(=O)NOCCN1CCNC1=O. The maximum atomic E-state index is 12.2. The Labute approximate surface area is 133 Å². The summed E-state index contributed by atoms with van der Waals surface area (Å²) < 4.78 is 0. The lowest BCUT2D eigenvalue weighted by Gasteiger charge is -2.29. The first-order valence-electron chi connectivity index (χ1n) is 7.70. The van der Waals surface area contributed by atoms with E-state index in [4.69, 9.17) is 9.68 Å². The molecule has 0 radical (unpaired) electrons. The van der Waals surface area contributed by atoms with Crippen LogP contribution in [0, 0.1) is 0 Å². The fourth-order valence-corrected chi connectivity index (χ4v) is 3.21. The number of hydrogen-bond acceptors (Lipinski definition) is 5. The Morgan fingerprint density at radius 3 is 2.91 bits per heavy atom. The highest BCUT2D eigenvalue weighted by Crippen LogP contribution is 2.29. The van der Waals surface area contributed by atoms with Crippen LogP contribution in [-0.2, 0) is 14.5 Å². The average Bonchev–Trinajstić information content (AvgIpc) is 3.06. The molecule has 2 bridgehead atoms. The second-order valence-corrected chi connectivity index (χ2v) is 5.72. The van der Waals surface area contributed by atoms with Crippen LogP contribution in [0.5, 0.6) is 0 Å². The maximum absolute atomic E-state index is 12.2. The van der Waals surface area contributed by atoms with Gasteiger partial charge in [-0.15, -0.1) is 0 Å². The number of rotatable bonds is 6. The van der Waals surface area contributed by atoms with Gasteiger partial charge in [-0.2, -0.15) is 5.06 Å². The van der Waals surface area contributed by atoms with Gasteiger partial charge >= 0.3 is 12.1 Å². The second-order valence-electron chi connectivity index (χ2n) is 5.72. The van der Waals surface area contributed by atoms with Crippen molar-refractivity contribution in [3.05, 3.63) is 0 Å². The minimum Gasteiger partial charge on any atom is -0.336 e. The van der Waals surface area contributed by atoms with Crippen LogP contribution >= 0.6 is 0 Å². The molecule has 10 nitrogen and oxygen atoms in total. The van der Waals surface area contributed by atoms with Crippen LogP contribution < -0.4 is 10.8 Å². The van der Waals surface area contributed by atoms with Gasteiger partial charge in [0.2, 0.25) is 0 Å². The normalized spacial score (nSPS) is 26.7. The van der Waals surface area contributed by atoms with Crippen LogP contribution in [0.15, 0.2) is 0 Å². The summed E-state index contributed by atoms with van der Waals surface area (Å²) in [5, 5.41) is 4.01. The zero-order valence-electron chi connectivity index (χ0n) is 13.0. The van der Waals surface area contributed by atoms with Crippen molar-refractivity contribution in [2.24, 2.45) is 0 Å². The molecule has 0 aliphatic carbocycles. The van der Waals surface area contributed by atoms with Gasteiger partial charge in [-0.1, -0.05) is 0 Å². The standard InChI is InChI=1S/C13H21N5O5/c1-22-18-9-2-3-10(17(8-9)13(18)21)11(19)15-23-7-6-16-5-4-14-12(16)20/h9-10H,2-8H2,1H3,(H,14,20)(H,15,19)/t9-,10+/m1/s1. The zero-order valence-corrected chi connectivity index (χ0v) is 13.0. The summed E-state index contributed by atoms with van der Waals surface area (Å²) in [6.45, 7) is 2.35. The molecule has 2 N–H and O–H groups in total. The van der Waals surface area contributed by atoms with Gasteiger partial charge in [-0.3, -0.25) is 14.5 Å². The number of hydrogen-bond donors (Lipinski definition) is 2. The molecular weight excluding hydrogens is 306 g/mol. The largest absolute Gasteiger partial charge is 0.345 e. The number of carbonyl (C=O) groups is 3. The van der Waals surface area contributed by atoms with Crippen molar-refractivity contribution in [2.75, 3.05) is 39.9 Å². The predicted molar refractivity (Wildman–Crippen MR) is 76.8 cm³/mol. The van der Waals surface area contributed by atoms with E-state index in [9.17, 15) is 14.4 Å². The van der Waals surface area contributed by atoms with Gasteiger partial charge in [0.1, 0.15) is 6.04 Å². The molecule has 2 atom stereocenters. The third-order valence-electron chi connectivity index (χ3n) is 4.40. The Morgan fingerprint density at radius 1 is 1.39 bits per heavy atom. The summed E-state index contributed by atoms with van der Waals surface area (Å²) >= 11 is 0. The van der Waals surface area contributed by atoms with Crippen molar-refractivity contribution in [1.29, 1.82) is 0 Å². The van der Waals surface area contributed by atoms with E-state index >= 15 is 0 Å². The molecule has 10 heteroatoms. The van der Waals surface area contributed by atoms with E-state index in [0.29, 0.717) is 39.0 Å². The Morgan fingerprint density at radius 2 is 2.22 bits per heavy atom. The first kappa shape index (κ1) is 15.8. The van der Waals surface area contributed by atoms with E-state index in [0.717, 1.165) is 0 Å². The molecular formula is C13H21N5O5. The Balaban J connectivity index is 1.44. The van der Waals surface area contributed by atoms with Gasteiger partial charge in [0.25, 0.3) is 5.91 Å². The number of nitrogens with zero attached hydrogens (tertiary/aromatic N) is 3. The number of urea groups is 2. The van der Waals surface area contributed by atoms with Gasteiger partial charge in [0, 0.05) is 26.2 Å². The first-order valence-corrected chi connectivity index (χ1v) is 7.70. The van der Waals surface area contributed by atoms with Crippen molar-refractivity contribution in [2.45, 2.75) is 24.9 Å². The summed E-state index contributed by atoms with van der Waals surface area (Å²) in [6, 6.07) is -0.954. The average molecular weight is 327 g/mol. The molecule has 0 aromatic carbocycles. The van der Waals surface area contributed by atoms with Gasteiger partial charge in [-0.05, 0) is 12.8 Å². The molecule has 0 unspecified atom stereocenters. The highest BCUT2D eigenvalue weighted by molar-refractivity contribution is 5.88. The predicted octanol–water partition coefficient (Wildman–Crippen LogP) is -1.11. The van der Waals surface area contributed by atoms with Crippen molar-refractivity contribution < 1.29 is 24.1 Å². The van der Waals surface area contributed by atoms with Crippen LogP contribution in [0.4, 0.5) is 9.59 Å². The molecule has 0 aromatic heterocycles. The third kappa shape index (κ3) is 3.04. The Hall–Kier alpha value is -2.07. The van der Waals surface area contributed by atoms with Gasteiger partial charge < -0.3 is 15.1 Å². The fraction of sp³-hybridized carbons (Fsp3) is 0.769. The van der Waals surface area contributed by atoms with E-state index in [1.54, 1.807) is 4.90 Å². The van der Waals surface area contributed by atoms with Crippen LogP contribution in [0.1, 0.15) is 12.8 Å². The topological polar surface area (TPSA) is 103 Å². The summed E-state index contributed by atoms with van der Waals surface area (Å²) in [6.07, 6.45) is 1.28. The maximum Gasteiger partial charge on any atom is 0.345 e. The Bertz CT molecular complexity index is 501. The molecule has 0 aromatic rings. The Kier molecular flexibility index (Phi) is 4.53. The molecule has 0 spiro atoms. The fourth-order valence-electron chi connectivity index (χ4n) is 3.21. The number of nitrogens with one attached hydrogen (secondary N) is 2. The third-order valence-corrected chi connectivity index (χ3v) is 4.40. The number of piperidine rings is 1. The lowest BCUT2D eigenvalue weighted by Crippen LogP contribution is -2.50. The van der Waals surface area contributed by atoms with Crippen molar-refractivity contribution >= 4 is 18.0 Å². The molecule has 3 heterocycles. The van der Waals surface area contributed by atoms with Crippen molar-refractivity contribution in [3.8, 4) is 0 Å². The number of carbonyl (C=O) groups excluding carboxylic acids is 3. The van der Waals surface area contributed by atoms with Gasteiger partial charge in [-0.25, -0.2) is 15.1 Å². The van der Waals surface area contributed by atoms with Crippen LogP contribution in [0.2, 0.25) is 0 Å². The number of fused-ring (bicyclic) bond motifs is 2. The summed E-state index contributed by atoms with van der Waals surface area (Å²) in [7, 11) is 1.45. The zero-order chi connectivity index (χ0) is 16.4. The van der Waals surface area contributed by atoms with Gasteiger partial charge in [0.15, 0.2) is 0 Å². The van der Waals surface area contributed by atoms with Crippen LogP contribution in [-0.4, -0.2) is 84.8 Å². The monoisotopic (exact) mass is 327 g/mol. The quantitative estimate of drug-likeness (QED) is 0.476. The molecule has 128 valence electrons. The highest BCUT2D eigenvalue weighted by Gasteiger charge is 2.47. The van der Waals surface area contributed by atoms with E-state index in [2.05, 4.69) is 10.8 Å². The lowest BCUT2D eigenvalue weighted by atomic mass is 10.0. The molecule has 3 saturated heterocycles. The first-order chi connectivity index (χ1) is 11.1. The molecule has 3 aliphatic heterocycles. The lowest BCUT2D eigenvalue weighted by molar-refractivity contribution is -0.139. The molecule has 3 fully saturated rings. The van der Waals surface area contributed by atoms with E-state index in [-0.39, 0.29) is 30.6 Å². The number of amides is 5. The van der Waals surface area contributed by atoms with Gasteiger partial charge in [0.05, 0.1) is 19.8 Å².